The monoisotopic (exact) mass is 754 g/mol. The largest absolute Gasteiger partial charge is 0.309 e. The van der Waals surface area contributed by atoms with Gasteiger partial charge in [0.05, 0.1) is 17.1 Å². The molecule has 0 aliphatic carbocycles. The van der Waals surface area contributed by atoms with Gasteiger partial charge in [0.2, 0.25) is 0 Å². The summed E-state index contributed by atoms with van der Waals surface area (Å²) in [6.07, 6.45) is 2.45. The van der Waals surface area contributed by atoms with Crippen molar-refractivity contribution in [3.8, 4) is 16.8 Å². The van der Waals surface area contributed by atoms with Crippen LogP contribution in [0.1, 0.15) is 28.9 Å². The van der Waals surface area contributed by atoms with Gasteiger partial charge in [0.1, 0.15) is 5.70 Å². The summed E-state index contributed by atoms with van der Waals surface area (Å²) in [6, 6.07) is 75.7. The molecule has 3 heteroatoms. The topological polar surface area (TPSA) is 33.6 Å². The van der Waals surface area contributed by atoms with Crippen LogP contribution in [-0.2, 0) is 0 Å². The summed E-state index contributed by atoms with van der Waals surface area (Å²) >= 11 is 0. The molecule has 0 amide bonds. The summed E-state index contributed by atoms with van der Waals surface area (Å²) in [4.78, 5) is 0. The molecule has 0 saturated carbocycles. The van der Waals surface area contributed by atoms with E-state index in [1.165, 1.54) is 104 Å². The van der Waals surface area contributed by atoms with Gasteiger partial charge in [-0.15, -0.1) is 0 Å². The van der Waals surface area contributed by atoms with Crippen molar-refractivity contribution >= 4 is 70.6 Å². The van der Waals surface area contributed by atoms with E-state index in [2.05, 4.69) is 228 Å². The van der Waals surface area contributed by atoms with E-state index in [4.69, 9.17) is 0 Å². The minimum absolute atomic E-state index is 0.0354. The first-order chi connectivity index (χ1) is 29.3. The summed E-state index contributed by atoms with van der Waals surface area (Å²) in [5.41, 5.74) is 11.1. The van der Waals surface area contributed by atoms with Crippen molar-refractivity contribution in [1.82, 2.24) is 9.88 Å². The molecule has 10 aromatic carbocycles. The van der Waals surface area contributed by atoms with Gasteiger partial charge < -0.3 is 4.57 Å². The van der Waals surface area contributed by atoms with Gasteiger partial charge in [0.25, 0.3) is 0 Å². The van der Waals surface area contributed by atoms with Crippen molar-refractivity contribution in [2.24, 2.45) is 0 Å². The summed E-state index contributed by atoms with van der Waals surface area (Å²) in [5.74, 6) is 0. The number of quaternary nitrogens is 1. The first-order valence-electron chi connectivity index (χ1n) is 20.6. The number of aromatic nitrogens is 1. The number of nitrogens with one attached hydrogen (secondary N) is 1. The molecule has 2 unspecified atom stereocenters. The molecular weight excluding hydrogens is 715 g/mol. The zero-order chi connectivity index (χ0) is 38.9. The molecule has 12 rings (SSSR count). The van der Waals surface area contributed by atoms with Crippen LogP contribution < -0.4 is 10.6 Å². The van der Waals surface area contributed by atoms with Gasteiger partial charge in [-0.3, -0.25) is 10.6 Å². The average Bonchev–Trinajstić information content (AvgIpc) is 3.67. The highest BCUT2D eigenvalue weighted by Gasteiger charge is 2.29. The molecule has 0 spiro atoms. The van der Waals surface area contributed by atoms with E-state index in [0.717, 1.165) is 0 Å². The van der Waals surface area contributed by atoms with Crippen molar-refractivity contribution in [2.75, 3.05) is 0 Å². The quantitative estimate of drug-likeness (QED) is 0.169. The van der Waals surface area contributed by atoms with Crippen LogP contribution in [0, 0.1) is 0 Å². The lowest BCUT2D eigenvalue weighted by molar-refractivity contribution is -0.621. The van der Waals surface area contributed by atoms with E-state index in [0.29, 0.717) is 0 Å². The van der Waals surface area contributed by atoms with Gasteiger partial charge >= 0.3 is 0 Å². The van der Waals surface area contributed by atoms with E-state index in [1.54, 1.807) is 0 Å². The highest BCUT2D eigenvalue weighted by Crippen LogP contribution is 2.47. The van der Waals surface area contributed by atoms with Crippen molar-refractivity contribution in [3.63, 3.8) is 0 Å². The molecule has 1 aromatic heterocycles. The Hall–Kier alpha value is -7.30. The minimum atomic E-state index is 0.0354. The molecule has 0 fully saturated rings. The van der Waals surface area contributed by atoms with E-state index >= 15 is 0 Å². The average molecular weight is 755 g/mol. The zero-order valence-corrected chi connectivity index (χ0v) is 32.4. The molecule has 3 nitrogen and oxygen atoms in total. The van der Waals surface area contributed by atoms with Crippen molar-refractivity contribution in [1.29, 1.82) is 0 Å². The molecule has 0 radical (unpaired) electrons. The molecule has 0 bridgehead atoms. The molecule has 1 aliphatic rings. The lowest BCUT2D eigenvalue weighted by atomic mass is 9.88. The van der Waals surface area contributed by atoms with Crippen LogP contribution >= 0.6 is 0 Å². The normalized spacial score (nSPS) is 15.8. The molecule has 278 valence electrons. The number of para-hydroxylation sites is 2. The Morgan fingerprint density at radius 3 is 1.85 bits per heavy atom. The summed E-state index contributed by atoms with van der Waals surface area (Å²) in [7, 11) is 0. The van der Waals surface area contributed by atoms with E-state index in [9.17, 15) is 0 Å². The van der Waals surface area contributed by atoms with Gasteiger partial charge in [-0.25, -0.2) is 0 Å². The van der Waals surface area contributed by atoms with Crippen molar-refractivity contribution in [3.05, 3.63) is 229 Å². The zero-order valence-electron chi connectivity index (χ0n) is 32.4. The third-order valence-corrected chi connectivity index (χ3v) is 12.5. The van der Waals surface area contributed by atoms with Crippen LogP contribution in [0.25, 0.3) is 87.4 Å². The fourth-order valence-electron chi connectivity index (χ4n) is 9.80. The molecular formula is C56H40N3+. The first kappa shape index (κ1) is 33.8. The van der Waals surface area contributed by atoms with Gasteiger partial charge in [0.15, 0.2) is 6.17 Å². The number of nitrogens with two attached hydrogens (primary N) is 1. The third-order valence-electron chi connectivity index (χ3n) is 12.5. The van der Waals surface area contributed by atoms with Crippen LogP contribution in [0.2, 0.25) is 0 Å². The Bertz CT molecular complexity index is 3430. The van der Waals surface area contributed by atoms with Gasteiger partial charge in [0, 0.05) is 38.4 Å². The number of benzene rings is 10. The molecule has 0 saturated heterocycles. The maximum Gasteiger partial charge on any atom is 0.171 e. The number of hydrogen-bond donors (Lipinski definition) is 2. The van der Waals surface area contributed by atoms with E-state index < -0.39 is 0 Å². The van der Waals surface area contributed by atoms with Crippen LogP contribution in [0.4, 0.5) is 0 Å². The number of hydrogen-bond acceptors (Lipinski definition) is 1. The molecule has 1 aliphatic heterocycles. The van der Waals surface area contributed by atoms with Crippen LogP contribution in [0.3, 0.4) is 0 Å². The Kier molecular flexibility index (Phi) is 7.83. The Morgan fingerprint density at radius 1 is 0.424 bits per heavy atom. The first-order valence-corrected chi connectivity index (χ1v) is 20.6. The number of nitrogens with zero attached hydrogens (tertiary/aromatic N) is 1. The van der Waals surface area contributed by atoms with Crippen molar-refractivity contribution in [2.45, 2.75) is 12.2 Å². The Morgan fingerprint density at radius 2 is 1.05 bits per heavy atom. The summed E-state index contributed by atoms with van der Waals surface area (Å²) in [6.45, 7) is 0. The molecule has 2 atom stereocenters. The second-order valence-electron chi connectivity index (χ2n) is 15.9. The maximum atomic E-state index is 4.00. The van der Waals surface area contributed by atoms with Crippen LogP contribution in [0.15, 0.2) is 212 Å². The van der Waals surface area contributed by atoms with Crippen LogP contribution in [0.5, 0.6) is 0 Å². The SMILES string of the molecule is C1=C(c2ccccc2)[NH2+]C(c2ccc3ccccc3c2)NC1c1ccc(-c2cc3c4ccccc4c4c(c5ccccc5n4-c4ccccc4)c3c3ccccc23)cc1. The smallest absolute Gasteiger partial charge is 0.171 e. The van der Waals surface area contributed by atoms with Crippen LogP contribution in [-0.4, -0.2) is 4.57 Å². The fraction of sp³-hybridized carbons (Fsp3) is 0.0357. The van der Waals surface area contributed by atoms with Gasteiger partial charge in [-0.1, -0.05) is 164 Å². The Labute approximate surface area is 342 Å². The summed E-state index contributed by atoms with van der Waals surface area (Å²) in [5, 5.41) is 19.1. The predicted molar refractivity (Wildman–Crippen MR) is 248 cm³/mol. The number of fused-ring (bicyclic) bond motifs is 11. The standard InChI is InChI=1S/C56H39N3/c1-3-16-38(17-4-1)50-35-51(58-56(57-50)41-32-27-36-15-7-8-18-40(36)33-41)39-30-28-37(29-31-39)48-34-49-44-22-10-12-24-46(44)55-54(53(49)45-23-11-9-21-43(45)48)47-25-13-14-26-52(47)59(55)42-19-5-2-6-20-42/h1-35,51,56-58H/p+1. The molecule has 2 heterocycles. The lowest BCUT2D eigenvalue weighted by Crippen LogP contribution is -2.87. The van der Waals surface area contributed by atoms with E-state index in [1.807, 2.05) is 0 Å². The van der Waals surface area contributed by atoms with Gasteiger partial charge in [-0.05, 0) is 97.5 Å². The summed E-state index contributed by atoms with van der Waals surface area (Å²) < 4.78 is 2.47. The number of rotatable bonds is 5. The fourth-order valence-corrected chi connectivity index (χ4v) is 9.80. The lowest BCUT2D eigenvalue weighted by Gasteiger charge is -2.29. The predicted octanol–water partition coefficient (Wildman–Crippen LogP) is 13.0. The van der Waals surface area contributed by atoms with Gasteiger partial charge in [-0.2, -0.15) is 0 Å². The maximum absolute atomic E-state index is 4.00. The molecule has 59 heavy (non-hydrogen) atoms. The third kappa shape index (κ3) is 5.51. The second-order valence-corrected chi connectivity index (χ2v) is 15.9. The second kappa shape index (κ2) is 13.7. The van der Waals surface area contributed by atoms with Crippen molar-refractivity contribution < 1.29 is 5.32 Å². The highest BCUT2D eigenvalue weighted by atomic mass is 15.2. The minimum Gasteiger partial charge on any atom is -0.309 e. The molecule has 3 N–H and O–H groups in total. The van der Waals surface area contributed by atoms with E-state index in [-0.39, 0.29) is 12.2 Å². The highest BCUT2D eigenvalue weighted by molar-refractivity contribution is 6.38. The molecule has 11 aromatic rings. The Balaban J connectivity index is 1.02.